The van der Waals surface area contributed by atoms with Crippen molar-refractivity contribution >= 4 is 23.7 Å². The molecule has 12 heteroatoms. The minimum Gasteiger partial charge on any atom is -0.480 e. The van der Waals surface area contributed by atoms with Gasteiger partial charge in [0, 0.05) is 18.3 Å². The highest BCUT2D eigenvalue weighted by Crippen LogP contribution is 2.09. The van der Waals surface area contributed by atoms with Gasteiger partial charge in [-0.15, -0.1) is 0 Å². The molecule has 33 heavy (non-hydrogen) atoms. The average molecular weight is 469 g/mol. The van der Waals surface area contributed by atoms with Gasteiger partial charge in [-0.25, -0.2) is 9.78 Å². The number of H-pyrrole nitrogens is 1. The van der Waals surface area contributed by atoms with Gasteiger partial charge in [0.15, 0.2) is 0 Å². The summed E-state index contributed by atoms with van der Waals surface area (Å²) in [6.07, 6.45) is 2.02. The topological polar surface area (TPSA) is 200 Å². The number of aliphatic hydroxyl groups is 1. The number of carbonyl (C=O) groups excluding carboxylic acids is 3. The van der Waals surface area contributed by atoms with E-state index in [0.29, 0.717) is 5.69 Å². The van der Waals surface area contributed by atoms with E-state index in [9.17, 15) is 29.4 Å². The van der Waals surface area contributed by atoms with Gasteiger partial charge < -0.3 is 36.9 Å². The fourth-order valence-corrected chi connectivity index (χ4v) is 3.06. The number of aliphatic hydroxyl groups excluding tert-OH is 1. The Morgan fingerprint density at radius 3 is 2.06 bits per heavy atom. The predicted octanol–water partition coefficient (Wildman–Crippen LogP) is -1.10. The number of aliphatic carboxylic acids is 1. The second-order valence-electron chi connectivity index (χ2n) is 8.87. The summed E-state index contributed by atoms with van der Waals surface area (Å²) in [6.45, 7) is 8.49. The number of amides is 3. The third kappa shape index (κ3) is 9.18. The molecular weight excluding hydrogens is 432 g/mol. The molecule has 0 bridgehead atoms. The van der Waals surface area contributed by atoms with E-state index in [0.717, 1.165) is 0 Å². The molecule has 186 valence electrons. The monoisotopic (exact) mass is 468 g/mol. The first-order chi connectivity index (χ1) is 15.3. The van der Waals surface area contributed by atoms with Crippen LogP contribution in [0, 0.1) is 11.8 Å². The highest BCUT2D eigenvalue weighted by molar-refractivity contribution is 5.94. The predicted molar refractivity (Wildman–Crippen MR) is 120 cm³/mol. The SMILES string of the molecule is CC(C)CC(NC(=O)C(N)C(C)O)C(=O)NC(C(=O)NC(Cc1cnc[nH]1)C(=O)O)C(C)C. The molecule has 3 amide bonds. The minimum atomic E-state index is -1.23. The number of carboxylic acids is 1. The molecule has 0 spiro atoms. The van der Waals surface area contributed by atoms with Gasteiger partial charge in [-0.3, -0.25) is 14.4 Å². The van der Waals surface area contributed by atoms with Crippen LogP contribution in [0.2, 0.25) is 0 Å². The number of aromatic nitrogens is 2. The molecule has 1 aromatic heterocycles. The number of carboxylic acid groups (broad SMARTS) is 1. The van der Waals surface area contributed by atoms with E-state index in [1.54, 1.807) is 13.8 Å². The number of nitrogens with one attached hydrogen (secondary N) is 4. The lowest BCUT2D eigenvalue weighted by Crippen LogP contribution is -2.59. The number of nitrogens with zero attached hydrogens (tertiary/aromatic N) is 1. The van der Waals surface area contributed by atoms with Gasteiger partial charge in [0.1, 0.15) is 24.2 Å². The Hall–Kier alpha value is -2.99. The minimum absolute atomic E-state index is 0.0108. The van der Waals surface area contributed by atoms with E-state index in [1.165, 1.54) is 19.4 Å². The fraction of sp³-hybridized carbons (Fsp3) is 0.667. The second-order valence-corrected chi connectivity index (χ2v) is 8.87. The van der Waals surface area contributed by atoms with Crippen LogP contribution in [0.1, 0.15) is 46.7 Å². The Labute approximate surface area is 193 Å². The van der Waals surface area contributed by atoms with Crippen LogP contribution in [0.15, 0.2) is 12.5 Å². The van der Waals surface area contributed by atoms with Gasteiger partial charge in [0.05, 0.1) is 12.4 Å². The lowest BCUT2D eigenvalue weighted by atomic mass is 9.99. The zero-order valence-electron chi connectivity index (χ0n) is 19.7. The Morgan fingerprint density at radius 1 is 1.00 bits per heavy atom. The number of carbonyl (C=O) groups is 4. The zero-order chi connectivity index (χ0) is 25.3. The number of aromatic amines is 1. The van der Waals surface area contributed by atoms with Crippen LogP contribution in [0.5, 0.6) is 0 Å². The molecule has 0 fully saturated rings. The normalized spacial score (nSPS) is 15.9. The standard InChI is InChI=1S/C21H36N6O6/c1-10(2)6-14(25-19(30)16(22)12(5)28)18(29)27-17(11(3)4)20(31)26-15(21(32)33)7-13-8-23-9-24-13/h8-12,14-17,28H,6-7,22H2,1-5H3,(H,23,24)(H,25,30)(H,26,31)(H,27,29)(H,32,33). The Morgan fingerprint density at radius 2 is 1.61 bits per heavy atom. The van der Waals surface area contributed by atoms with Crippen molar-refractivity contribution in [1.82, 2.24) is 25.9 Å². The average Bonchev–Trinajstić information content (AvgIpc) is 3.22. The van der Waals surface area contributed by atoms with Crippen LogP contribution in [0.4, 0.5) is 0 Å². The van der Waals surface area contributed by atoms with Crippen LogP contribution in [-0.4, -0.2) is 74.1 Å². The van der Waals surface area contributed by atoms with E-state index >= 15 is 0 Å². The van der Waals surface area contributed by atoms with Crippen LogP contribution in [0.3, 0.4) is 0 Å². The summed E-state index contributed by atoms with van der Waals surface area (Å²) >= 11 is 0. The van der Waals surface area contributed by atoms with Crippen LogP contribution in [0.25, 0.3) is 0 Å². The van der Waals surface area contributed by atoms with Gasteiger partial charge in [-0.2, -0.15) is 0 Å². The number of hydrogen-bond acceptors (Lipinski definition) is 7. The van der Waals surface area contributed by atoms with Crippen molar-refractivity contribution < 1.29 is 29.4 Å². The molecule has 0 aliphatic rings. The first-order valence-electron chi connectivity index (χ1n) is 10.9. The highest BCUT2D eigenvalue weighted by atomic mass is 16.4. The fourth-order valence-electron chi connectivity index (χ4n) is 3.06. The van der Waals surface area contributed by atoms with Crippen molar-refractivity contribution in [3.05, 3.63) is 18.2 Å². The number of hydrogen-bond donors (Lipinski definition) is 7. The van der Waals surface area contributed by atoms with Crippen LogP contribution in [-0.2, 0) is 25.6 Å². The maximum absolute atomic E-state index is 13.0. The van der Waals surface area contributed by atoms with Crippen LogP contribution >= 0.6 is 0 Å². The summed E-state index contributed by atoms with van der Waals surface area (Å²) in [5, 5.41) is 26.6. The third-order valence-corrected chi connectivity index (χ3v) is 5.00. The maximum atomic E-state index is 13.0. The quantitative estimate of drug-likeness (QED) is 0.189. The van der Waals surface area contributed by atoms with Crippen LogP contribution < -0.4 is 21.7 Å². The molecule has 1 rings (SSSR count). The van der Waals surface area contributed by atoms with E-state index in [1.807, 2.05) is 13.8 Å². The zero-order valence-corrected chi connectivity index (χ0v) is 19.7. The molecular formula is C21H36N6O6. The molecule has 0 aliphatic heterocycles. The summed E-state index contributed by atoms with van der Waals surface area (Å²) in [5.74, 6) is -3.54. The van der Waals surface area contributed by atoms with Gasteiger partial charge in [-0.05, 0) is 25.2 Å². The molecule has 1 heterocycles. The lowest BCUT2D eigenvalue weighted by molar-refractivity contribution is -0.142. The molecule has 0 saturated heterocycles. The van der Waals surface area contributed by atoms with E-state index in [2.05, 4.69) is 25.9 Å². The van der Waals surface area contributed by atoms with Crippen molar-refractivity contribution in [1.29, 1.82) is 0 Å². The molecule has 5 atom stereocenters. The molecule has 1 aromatic rings. The maximum Gasteiger partial charge on any atom is 0.326 e. The summed E-state index contributed by atoms with van der Waals surface area (Å²) in [5.41, 5.74) is 6.18. The first-order valence-corrected chi connectivity index (χ1v) is 10.9. The molecule has 8 N–H and O–H groups in total. The number of nitrogens with two attached hydrogens (primary N) is 1. The summed E-state index contributed by atoms with van der Waals surface area (Å²) in [4.78, 5) is 56.4. The summed E-state index contributed by atoms with van der Waals surface area (Å²) in [7, 11) is 0. The third-order valence-electron chi connectivity index (χ3n) is 5.00. The van der Waals surface area contributed by atoms with Crippen molar-refractivity contribution in [3.63, 3.8) is 0 Å². The number of imidazole rings is 1. The summed E-state index contributed by atoms with van der Waals surface area (Å²) in [6, 6.07) is -4.48. The Kier molecular flexibility index (Phi) is 11.0. The summed E-state index contributed by atoms with van der Waals surface area (Å²) < 4.78 is 0. The molecule has 5 unspecified atom stereocenters. The second kappa shape index (κ2) is 12.9. The Bertz CT molecular complexity index is 795. The highest BCUT2D eigenvalue weighted by Gasteiger charge is 2.32. The van der Waals surface area contributed by atoms with E-state index < -0.39 is 54.0 Å². The van der Waals surface area contributed by atoms with E-state index in [4.69, 9.17) is 5.73 Å². The van der Waals surface area contributed by atoms with Gasteiger partial charge in [-0.1, -0.05) is 27.7 Å². The van der Waals surface area contributed by atoms with Crippen molar-refractivity contribution in [3.8, 4) is 0 Å². The van der Waals surface area contributed by atoms with Crippen molar-refractivity contribution in [2.75, 3.05) is 0 Å². The molecule has 0 aliphatic carbocycles. The molecule has 0 radical (unpaired) electrons. The number of rotatable bonds is 13. The molecule has 0 aromatic carbocycles. The van der Waals surface area contributed by atoms with Gasteiger partial charge in [0.2, 0.25) is 17.7 Å². The first kappa shape index (κ1) is 28.0. The van der Waals surface area contributed by atoms with Crippen molar-refractivity contribution in [2.24, 2.45) is 17.6 Å². The van der Waals surface area contributed by atoms with Gasteiger partial charge >= 0.3 is 5.97 Å². The smallest absolute Gasteiger partial charge is 0.326 e. The Balaban J connectivity index is 2.94. The molecule has 12 nitrogen and oxygen atoms in total. The largest absolute Gasteiger partial charge is 0.480 e. The van der Waals surface area contributed by atoms with Crippen molar-refractivity contribution in [2.45, 2.75) is 77.7 Å². The lowest BCUT2D eigenvalue weighted by Gasteiger charge is -2.28. The van der Waals surface area contributed by atoms with Gasteiger partial charge in [0.25, 0.3) is 0 Å². The molecule has 0 saturated carbocycles. The van der Waals surface area contributed by atoms with E-state index in [-0.39, 0.29) is 24.7 Å².